The molecule has 1 N–H and O–H groups in total. The van der Waals surface area contributed by atoms with Crippen LogP contribution in [0, 0.1) is 0 Å². The average molecular weight is 479 g/mol. The molecule has 0 atom stereocenters. The van der Waals surface area contributed by atoms with E-state index in [0.29, 0.717) is 29.5 Å². The van der Waals surface area contributed by atoms with Crippen molar-refractivity contribution in [3.63, 3.8) is 0 Å². The second kappa shape index (κ2) is 10.3. The molecule has 5 rings (SSSR count). The summed E-state index contributed by atoms with van der Waals surface area (Å²) in [4.78, 5) is 25.1. The average Bonchev–Trinajstić information content (AvgIpc) is 3.59. The van der Waals surface area contributed by atoms with E-state index in [1.807, 2.05) is 12.1 Å². The molecule has 0 radical (unpaired) electrons. The smallest absolute Gasteiger partial charge is 0.254 e. The third-order valence-electron chi connectivity index (χ3n) is 7.25. The summed E-state index contributed by atoms with van der Waals surface area (Å²) in [6, 6.07) is 5.47. The lowest BCUT2D eigenvalue weighted by atomic mass is 9.79. The van der Waals surface area contributed by atoms with Crippen molar-refractivity contribution in [3.05, 3.63) is 48.1 Å². The lowest BCUT2D eigenvalue weighted by Crippen LogP contribution is -2.59. The van der Waals surface area contributed by atoms with Gasteiger partial charge in [-0.2, -0.15) is 5.10 Å². The Morgan fingerprint density at radius 2 is 1.97 bits per heavy atom. The van der Waals surface area contributed by atoms with Gasteiger partial charge in [0.05, 0.1) is 36.9 Å². The fourth-order valence-corrected chi connectivity index (χ4v) is 5.45. The van der Waals surface area contributed by atoms with Gasteiger partial charge in [-0.15, -0.1) is 0 Å². The van der Waals surface area contributed by atoms with Crippen molar-refractivity contribution in [2.75, 3.05) is 32.8 Å². The van der Waals surface area contributed by atoms with Crippen LogP contribution < -0.4 is 5.32 Å². The Morgan fingerprint density at radius 3 is 2.69 bits per heavy atom. The number of furan rings is 1. The van der Waals surface area contributed by atoms with Crippen molar-refractivity contribution in [1.82, 2.24) is 30.0 Å². The number of morpholine rings is 1. The predicted octanol–water partition coefficient (Wildman–Crippen LogP) is 3.81. The van der Waals surface area contributed by atoms with E-state index >= 15 is 0 Å². The molecule has 4 heterocycles. The number of carbonyl (C=O) groups excluding carboxylic acids is 1. The van der Waals surface area contributed by atoms with Crippen LogP contribution in [0.2, 0.25) is 0 Å². The van der Waals surface area contributed by atoms with Gasteiger partial charge in [-0.05, 0) is 37.0 Å². The maximum atomic E-state index is 13.5. The molecule has 0 unspecified atom stereocenters. The highest BCUT2D eigenvalue weighted by Crippen LogP contribution is 2.34. The molecular formula is C26H34N6O3. The summed E-state index contributed by atoms with van der Waals surface area (Å²) in [5, 5.41) is 7.80. The summed E-state index contributed by atoms with van der Waals surface area (Å²) in [5.74, 6) is 1.03. The molecule has 0 aromatic carbocycles. The molecule has 9 heteroatoms. The topological polar surface area (TPSA) is 98.3 Å². The summed E-state index contributed by atoms with van der Waals surface area (Å²) in [6.45, 7) is 8.12. The fraction of sp³-hybridized carbons (Fsp3) is 0.538. The molecule has 2 aliphatic rings. The molecule has 3 aromatic heterocycles. The number of hydrogen-bond acceptors (Lipinski definition) is 7. The van der Waals surface area contributed by atoms with Gasteiger partial charge in [-0.3, -0.25) is 9.69 Å². The molecule has 1 saturated heterocycles. The zero-order valence-corrected chi connectivity index (χ0v) is 20.6. The van der Waals surface area contributed by atoms with Crippen molar-refractivity contribution in [2.24, 2.45) is 0 Å². The number of nitrogens with zero attached hydrogens (tertiary/aromatic N) is 5. The van der Waals surface area contributed by atoms with E-state index in [1.165, 1.54) is 19.3 Å². The monoisotopic (exact) mass is 478 g/mol. The quantitative estimate of drug-likeness (QED) is 0.551. The van der Waals surface area contributed by atoms with Crippen molar-refractivity contribution < 1.29 is 13.9 Å². The number of nitrogens with one attached hydrogen (secondary N) is 1. The molecule has 1 saturated carbocycles. The highest BCUT2D eigenvalue weighted by Gasteiger charge is 2.39. The summed E-state index contributed by atoms with van der Waals surface area (Å²) in [6.07, 6.45) is 10.8. The first kappa shape index (κ1) is 23.7. The van der Waals surface area contributed by atoms with Gasteiger partial charge < -0.3 is 14.5 Å². The molecule has 186 valence electrons. The zero-order chi connectivity index (χ0) is 24.3. The Labute approximate surface area is 205 Å². The fourth-order valence-electron chi connectivity index (χ4n) is 5.45. The number of aromatic nitrogens is 4. The number of rotatable bonds is 7. The van der Waals surface area contributed by atoms with Gasteiger partial charge in [0.2, 0.25) is 0 Å². The zero-order valence-electron chi connectivity index (χ0n) is 20.6. The molecule has 0 spiro atoms. The third-order valence-corrected chi connectivity index (χ3v) is 7.25. The standard InChI is InChI=1S/C26H34N6O3/c1-19(2)23-20(17-29-32(23)25-27-11-8-21(30-25)22-7-6-14-35-22)24(33)28-18-26(9-4-3-5-10-26)31-12-15-34-16-13-31/h6-8,11,14,17,19H,3-5,9-10,12-13,15-16,18H2,1-2H3,(H,28,33). The predicted molar refractivity (Wildman–Crippen MR) is 131 cm³/mol. The SMILES string of the molecule is CC(C)c1c(C(=O)NCC2(N3CCOCC3)CCCCC2)cnn1-c1nccc(-c2ccco2)n1. The van der Waals surface area contributed by atoms with Gasteiger partial charge in [0, 0.05) is 31.4 Å². The van der Waals surface area contributed by atoms with Crippen LogP contribution in [-0.4, -0.2) is 68.9 Å². The van der Waals surface area contributed by atoms with Gasteiger partial charge in [0.25, 0.3) is 11.9 Å². The number of ether oxygens (including phenoxy) is 1. The maximum absolute atomic E-state index is 13.5. The van der Waals surface area contributed by atoms with Crippen molar-refractivity contribution in [3.8, 4) is 17.4 Å². The molecule has 1 aliphatic carbocycles. The number of carbonyl (C=O) groups is 1. The van der Waals surface area contributed by atoms with Crippen molar-refractivity contribution in [2.45, 2.75) is 57.4 Å². The summed E-state index contributed by atoms with van der Waals surface area (Å²) in [5.41, 5.74) is 2.04. The highest BCUT2D eigenvalue weighted by atomic mass is 16.5. The molecule has 1 aliphatic heterocycles. The largest absolute Gasteiger partial charge is 0.463 e. The van der Waals surface area contributed by atoms with Crippen LogP contribution in [0.15, 0.2) is 41.3 Å². The molecule has 2 fully saturated rings. The van der Waals surface area contributed by atoms with Crippen molar-refractivity contribution in [1.29, 1.82) is 0 Å². The minimum atomic E-state index is -0.0969. The first-order valence-corrected chi connectivity index (χ1v) is 12.6. The molecule has 0 bridgehead atoms. The van der Waals surface area contributed by atoms with Crippen molar-refractivity contribution >= 4 is 5.91 Å². The van der Waals surface area contributed by atoms with E-state index in [1.54, 1.807) is 29.4 Å². The van der Waals surface area contributed by atoms with Crippen LogP contribution in [0.25, 0.3) is 17.4 Å². The Kier molecular flexibility index (Phi) is 6.97. The van der Waals surface area contributed by atoms with E-state index < -0.39 is 0 Å². The van der Waals surface area contributed by atoms with Crippen LogP contribution in [0.3, 0.4) is 0 Å². The molecule has 3 aromatic rings. The van der Waals surface area contributed by atoms with Crippen LogP contribution in [0.5, 0.6) is 0 Å². The highest BCUT2D eigenvalue weighted by molar-refractivity contribution is 5.95. The Morgan fingerprint density at radius 1 is 1.17 bits per heavy atom. The number of hydrogen-bond donors (Lipinski definition) is 1. The minimum absolute atomic E-state index is 0.00611. The normalized spacial score (nSPS) is 18.6. The van der Waals surface area contributed by atoms with Gasteiger partial charge >= 0.3 is 0 Å². The van der Waals surface area contributed by atoms with Gasteiger partial charge in [0.1, 0.15) is 5.69 Å². The lowest BCUT2D eigenvalue weighted by Gasteiger charge is -2.48. The summed E-state index contributed by atoms with van der Waals surface area (Å²) in [7, 11) is 0. The van der Waals surface area contributed by atoms with E-state index in [0.717, 1.165) is 44.8 Å². The first-order valence-electron chi connectivity index (χ1n) is 12.6. The summed E-state index contributed by atoms with van der Waals surface area (Å²) < 4.78 is 12.7. The molecular weight excluding hydrogens is 444 g/mol. The van der Waals surface area contributed by atoms with Gasteiger partial charge in [0.15, 0.2) is 5.76 Å². The Balaban J connectivity index is 1.38. The lowest BCUT2D eigenvalue weighted by molar-refractivity contribution is -0.0361. The van der Waals surface area contributed by atoms with E-state index in [-0.39, 0.29) is 17.4 Å². The second-order valence-corrected chi connectivity index (χ2v) is 9.80. The molecule has 35 heavy (non-hydrogen) atoms. The van der Waals surface area contributed by atoms with Crippen LogP contribution in [-0.2, 0) is 4.74 Å². The van der Waals surface area contributed by atoms with E-state index in [2.05, 4.69) is 39.1 Å². The van der Waals surface area contributed by atoms with Crippen LogP contribution >= 0.6 is 0 Å². The molecule has 1 amide bonds. The number of amides is 1. The third kappa shape index (κ3) is 4.88. The summed E-state index contributed by atoms with van der Waals surface area (Å²) >= 11 is 0. The van der Waals surface area contributed by atoms with Gasteiger partial charge in [-0.25, -0.2) is 14.6 Å². The van der Waals surface area contributed by atoms with Gasteiger partial charge in [-0.1, -0.05) is 33.1 Å². The van der Waals surface area contributed by atoms with Crippen LogP contribution in [0.1, 0.15) is 67.9 Å². The Bertz CT molecular complexity index is 1130. The van der Waals surface area contributed by atoms with E-state index in [9.17, 15) is 4.79 Å². The van der Waals surface area contributed by atoms with E-state index in [4.69, 9.17) is 9.15 Å². The second-order valence-electron chi connectivity index (χ2n) is 9.80. The van der Waals surface area contributed by atoms with Crippen LogP contribution in [0.4, 0.5) is 0 Å². The minimum Gasteiger partial charge on any atom is -0.463 e. The maximum Gasteiger partial charge on any atom is 0.254 e. The molecule has 9 nitrogen and oxygen atoms in total. The Hall–Kier alpha value is -3.04. The first-order chi connectivity index (χ1) is 17.1.